The van der Waals surface area contributed by atoms with E-state index in [2.05, 4.69) is 35.1 Å². The van der Waals surface area contributed by atoms with Crippen LogP contribution in [0.5, 0.6) is 0 Å². The molecule has 1 unspecified atom stereocenters. The maximum absolute atomic E-state index is 13.8. The van der Waals surface area contributed by atoms with Crippen LogP contribution in [0.25, 0.3) is 11.1 Å². The molecule has 0 aromatic heterocycles. The molecule has 2 rings (SSSR count). The standard InChI is InChI=1S/C16H17BrFN/c1-3-19-11(2)12-4-6-13(7-5-12)15-10-14(17)8-9-16(15)18/h4-11,19H,3H2,1-2H3. The Balaban J connectivity index is 2.29. The molecule has 0 aliphatic carbocycles. The van der Waals surface area contributed by atoms with E-state index < -0.39 is 0 Å². The van der Waals surface area contributed by atoms with Crippen LogP contribution in [0.15, 0.2) is 46.9 Å². The van der Waals surface area contributed by atoms with Crippen molar-refractivity contribution in [2.45, 2.75) is 19.9 Å². The fourth-order valence-corrected chi connectivity index (χ4v) is 2.46. The molecule has 0 bridgehead atoms. The monoisotopic (exact) mass is 321 g/mol. The van der Waals surface area contributed by atoms with Crippen molar-refractivity contribution in [3.05, 3.63) is 58.3 Å². The molecule has 0 saturated heterocycles. The van der Waals surface area contributed by atoms with Gasteiger partial charge in [-0.25, -0.2) is 4.39 Å². The predicted octanol–water partition coefficient (Wildman–Crippen LogP) is 4.93. The summed E-state index contributed by atoms with van der Waals surface area (Å²) in [6.07, 6.45) is 0. The minimum Gasteiger partial charge on any atom is -0.310 e. The van der Waals surface area contributed by atoms with E-state index in [1.807, 2.05) is 24.3 Å². The van der Waals surface area contributed by atoms with Gasteiger partial charge in [0.15, 0.2) is 0 Å². The fraction of sp³-hybridized carbons (Fsp3) is 0.250. The second-order valence-corrected chi connectivity index (χ2v) is 5.44. The summed E-state index contributed by atoms with van der Waals surface area (Å²) in [5.41, 5.74) is 2.73. The Labute approximate surface area is 122 Å². The van der Waals surface area contributed by atoms with Crippen LogP contribution in [0, 0.1) is 5.82 Å². The highest BCUT2D eigenvalue weighted by Gasteiger charge is 2.07. The van der Waals surface area contributed by atoms with E-state index in [9.17, 15) is 4.39 Å². The van der Waals surface area contributed by atoms with Crippen LogP contribution in [-0.2, 0) is 0 Å². The maximum atomic E-state index is 13.8. The molecule has 1 atom stereocenters. The van der Waals surface area contributed by atoms with E-state index in [0.717, 1.165) is 16.6 Å². The molecule has 0 radical (unpaired) electrons. The van der Waals surface area contributed by atoms with Crippen molar-refractivity contribution in [2.75, 3.05) is 6.54 Å². The largest absolute Gasteiger partial charge is 0.310 e. The van der Waals surface area contributed by atoms with Crippen LogP contribution in [0.1, 0.15) is 25.5 Å². The minimum absolute atomic E-state index is 0.198. The first kappa shape index (κ1) is 14.2. The molecule has 2 aromatic rings. The summed E-state index contributed by atoms with van der Waals surface area (Å²) in [6, 6.07) is 13.3. The molecule has 1 nitrogen and oxygen atoms in total. The quantitative estimate of drug-likeness (QED) is 0.842. The SMILES string of the molecule is CCNC(C)c1ccc(-c2cc(Br)ccc2F)cc1. The number of hydrogen-bond acceptors (Lipinski definition) is 1. The molecule has 1 N–H and O–H groups in total. The van der Waals surface area contributed by atoms with Gasteiger partial charge in [-0.05, 0) is 42.8 Å². The summed E-state index contributed by atoms with van der Waals surface area (Å²) in [6.45, 7) is 5.14. The van der Waals surface area contributed by atoms with Gasteiger partial charge in [0.05, 0.1) is 0 Å². The molecule has 0 spiro atoms. The Hall–Kier alpha value is -1.19. The van der Waals surface area contributed by atoms with Gasteiger partial charge in [-0.2, -0.15) is 0 Å². The van der Waals surface area contributed by atoms with Crippen molar-refractivity contribution in [2.24, 2.45) is 0 Å². The Morgan fingerprint density at radius 3 is 2.47 bits per heavy atom. The van der Waals surface area contributed by atoms with Gasteiger partial charge in [0.1, 0.15) is 5.82 Å². The van der Waals surface area contributed by atoms with Gasteiger partial charge < -0.3 is 5.32 Å². The van der Waals surface area contributed by atoms with E-state index in [0.29, 0.717) is 11.6 Å². The second-order valence-electron chi connectivity index (χ2n) is 4.53. The van der Waals surface area contributed by atoms with Crippen molar-refractivity contribution in [3.63, 3.8) is 0 Å². The van der Waals surface area contributed by atoms with Crippen LogP contribution in [0.3, 0.4) is 0 Å². The van der Waals surface area contributed by atoms with Crippen molar-refractivity contribution in [1.29, 1.82) is 0 Å². The number of rotatable bonds is 4. The lowest BCUT2D eigenvalue weighted by Gasteiger charge is -2.13. The summed E-state index contributed by atoms with van der Waals surface area (Å²) in [5, 5.41) is 3.36. The first-order chi connectivity index (χ1) is 9.11. The van der Waals surface area contributed by atoms with E-state index >= 15 is 0 Å². The Kier molecular flexibility index (Phi) is 4.72. The minimum atomic E-state index is -0.198. The summed E-state index contributed by atoms with van der Waals surface area (Å²) < 4.78 is 14.7. The van der Waals surface area contributed by atoms with Gasteiger partial charge in [0, 0.05) is 16.1 Å². The summed E-state index contributed by atoms with van der Waals surface area (Å²) in [5.74, 6) is -0.198. The third-order valence-corrected chi connectivity index (χ3v) is 3.65. The Bertz CT molecular complexity index is 551. The number of benzene rings is 2. The van der Waals surface area contributed by atoms with E-state index in [1.54, 1.807) is 12.1 Å². The molecule has 0 aliphatic heterocycles. The lowest BCUT2D eigenvalue weighted by Crippen LogP contribution is -2.17. The first-order valence-electron chi connectivity index (χ1n) is 6.40. The lowest BCUT2D eigenvalue weighted by atomic mass is 10.0. The van der Waals surface area contributed by atoms with Crippen LogP contribution in [-0.4, -0.2) is 6.54 Å². The average molecular weight is 322 g/mol. The molecular formula is C16H17BrFN. The summed E-state index contributed by atoms with van der Waals surface area (Å²) in [7, 11) is 0. The van der Waals surface area contributed by atoms with Crippen LogP contribution in [0.4, 0.5) is 4.39 Å². The Morgan fingerprint density at radius 1 is 1.16 bits per heavy atom. The highest BCUT2D eigenvalue weighted by Crippen LogP contribution is 2.27. The topological polar surface area (TPSA) is 12.0 Å². The summed E-state index contributed by atoms with van der Waals surface area (Å²) >= 11 is 3.38. The smallest absolute Gasteiger partial charge is 0.131 e. The van der Waals surface area contributed by atoms with Crippen LogP contribution >= 0.6 is 15.9 Å². The second kappa shape index (κ2) is 6.31. The van der Waals surface area contributed by atoms with E-state index in [4.69, 9.17) is 0 Å². The zero-order chi connectivity index (χ0) is 13.8. The third kappa shape index (κ3) is 3.43. The van der Waals surface area contributed by atoms with E-state index in [1.165, 1.54) is 11.6 Å². The van der Waals surface area contributed by atoms with Crippen molar-refractivity contribution >= 4 is 15.9 Å². The van der Waals surface area contributed by atoms with Gasteiger partial charge in [-0.1, -0.05) is 47.1 Å². The zero-order valence-electron chi connectivity index (χ0n) is 11.1. The average Bonchev–Trinajstić information content (AvgIpc) is 2.42. The molecule has 2 aromatic carbocycles. The van der Waals surface area contributed by atoms with Gasteiger partial charge in [0.25, 0.3) is 0 Å². The van der Waals surface area contributed by atoms with Gasteiger partial charge in [-0.3, -0.25) is 0 Å². The highest BCUT2D eigenvalue weighted by atomic mass is 79.9. The molecular weight excluding hydrogens is 305 g/mol. The van der Waals surface area contributed by atoms with Gasteiger partial charge >= 0.3 is 0 Å². The molecule has 19 heavy (non-hydrogen) atoms. The third-order valence-electron chi connectivity index (χ3n) is 3.16. The van der Waals surface area contributed by atoms with E-state index in [-0.39, 0.29) is 5.82 Å². The van der Waals surface area contributed by atoms with Crippen LogP contribution in [0.2, 0.25) is 0 Å². The molecule has 0 fully saturated rings. The molecule has 0 heterocycles. The molecule has 0 aliphatic rings. The molecule has 100 valence electrons. The molecule has 3 heteroatoms. The number of nitrogens with one attached hydrogen (secondary N) is 1. The van der Waals surface area contributed by atoms with Crippen molar-refractivity contribution in [3.8, 4) is 11.1 Å². The normalized spacial score (nSPS) is 12.4. The van der Waals surface area contributed by atoms with Crippen molar-refractivity contribution < 1.29 is 4.39 Å². The molecule has 0 saturated carbocycles. The first-order valence-corrected chi connectivity index (χ1v) is 7.20. The summed E-state index contributed by atoms with van der Waals surface area (Å²) in [4.78, 5) is 0. The predicted molar refractivity (Wildman–Crippen MR) is 81.6 cm³/mol. The molecule has 0 amide bonds. The Morgan fingerprint density at radius 2 is 1.84 bits per heavy atom. The zero-order valence-corrected chi connectivity index (χ0v) is 12.7. The fourth-order valence-electron chi connectivity index (χ4n) is 2.09. The number of halogens is 2. The number of hydrogen-bond donors (Lipinski definition) is 1. The van der Waals surface area contributed by atoms with Gasteiger partial charge in [0.2, 0.25) is 0 Å². The van der Waals surface area contributed by atoms with Gasteiger partial charge in [-0.15, -0.1) is 0 Å². The highest BCUT2D eigenvalue weighted by molar-refractivity contribution is 9.10. The van der Waals surface area contributed by atoms with Crippen molar-refractivity contribution in [1.82, 2.24) is 5.32 Å². The van der Waals surface area contributed by atoms with Crippen LogP contribution < -0.4 is 5.32 Å². The maximum Gasteiger partial charge on any atom is 0.131 e. The lowest BCUT2D eigenvalue weighted by molar-refractivity contribution is 0.598.